The summed E-state index contributed by atoms with van der Waals surface area (Å²) in [7, 11) is 2.12. The zero-order chi connectivity index (χ0) is 13.1. The number of aryl methyl sites for hydroxylation is 2. The Morgan fingerprint density at radius 2 is 1.83 bits per heavy atom. The van der Waals surface area contributed by atoms with E-state index in [2.05, 4.69) is 25.8 Å². The minimum Gasteiger partial charge on any atom is -0.337 e. The van der Waals surface area contributed by atoms with Crippen LogP contribution in [-0.4, -0.2) is 48.9 Å². The minimum absolute atomic E-state index is 0.174. The average Bonchev–Trinajstić information content (AvgIpc) is 2.57. The summed E-state index contributed by atoms with van der Waals surface area (Å²) in [4.78, 5) is 16.7. The molecule has 18 heavy (non-hydrogen) atoms. The van der Waals surface area contributed by atoms with Crippen molar-refractivity contribution in [2.45, 2.75) is 20.3 Å². The van der Waals surface area contributed by atoms with E-state index in [0.717, 1.165) is 38.2 Å². The van der Waals surface area contributed by atoms with E-state index in [1.165, 1.54) is 11.1 Å². The molecule has 1 fully saturated rings. The quantitative estimate of drug-likeness (QED) is 0.757. The van der Waals surface area contributed by atoms with Gasteiger partial charge < -0.3 is 9.80 Å². The second-order valence-electron chi connectivity index (χ2n) is 5.25. The second-order valence-corrected chi connectivity index (χ2v) is 5.25. The first-order valence-corrected chi connectivity index (χ1v) is 6.63. The molecule has 98 valence electrons. The molecule has 1 heterocycles. The highest BCUT2D eigenvalue weighted by molar-refractivity contribution is 5.94. The molecule has 0 radical (unpaired) electrons. The fourth-order valence-corrected chi connectivity index (χ4v) is 2.31. The Morgan fingerprint density at radius 3 is 2.56 bits per heavy atom. The number of carbonyl (C=O) groups is 1. The number of amides is 1. The number of likely N-dealkylation sites (N-methyl/N-ethyl adjacent to an activating group) is 1. The minimum atomic E-state index is 0.174. The van der Waals surface area contributed by atoms with Crippen molar-refractivity contribution in [3.05, 3.63) is 34.9 Å². The Labute approximate surface area is 109 Å². The molecule has 0 atom stereocenters. The Kier molecular flexibility index (Phi) is 4.02. The third-order valence-electron chi connectivity index (χ3n) is 3.76. The summed E-state index contributed by atoms with van der Waals surface area (Å²) in [5.74, 6) is 0.174. The number of carbonyl (C=O) groups excluding carboxylic acids is 1. The highest BCUT2D eigenvalue weighted by atomic mass is 16.2. The highest BCUT2D eigenvalue weighted by Crippen LogP contribution is 2.13. The van der Waals surface area contributed by atoms with Crippen molar-refractivity contribution < 1.29 is 4.79 Å². The predicted molar refractivity (Wildman–Crippen MR) is 73.9 cm³/mol. The predicted octanol–water partition coefficient (Wildman–Crippen LogP) is 2.08. The third-order valence-corrected chi connectivity index (χ3v) is 3.76. The molecule has 3 nitrogen and oxygen atoms in total. The molecular weight excluding hydrogens is 224 g/mol. The van der Waals surface area contributed by atoms with Gasteiger partial charge in [-0.3, -0.25) is 4.79 Å². The van der Waals surface area contributed by atoms with E-state index in [0.29, 0.717) is 0 Å². The molecule has 1 saturated heterocycles. The summed E-state index contributed by atoms with van der Waals surface area (Å²) in [5.41, 5.74) is 3.25. The smallest absolute Gasteiger partial charge is 0.253 e. The van der Waals surface area contributed by atoms with Gasteiger partial charge in [-0.05, 0) is 57.1 Å². The summed E-state index contributed by atoms with van der Waals surface area (Å²) < 4.78 is 0. The summed E-state index contributed by atoms with van der Waals surface area (Å²) in [6, 6.07) is 5.98. The fraction of sp³-hybridized carbons (Fsp3) is 0.533. The molecule has 0 spiro atoms. The Hall–Kier alpha value is -1.35. The van der Waals surface area contributed by atoms with E-state index < -0.39 is 0 Å². The lowest BCUT2D eigenvalue weighted by Gasteiger charge is -2.21. The standard InChI is InChI=1S/C15H22N2O/c1-12-5-6-14(11-13(12)2)15(18)17-8-4-7-16(3)9-10-17/h5-6,11H,4,7-10H2,1-3H3. The Morgan fingerprint density at radius 1 is 1.06 bits per heavy atom. The molecule has 0 saturated carbocycles. The lowest BCUT2D eigenvalue weighted by atomic mass is 10.1. The van der Waals surface area contributed by atoms with Crippen LogP contribution >= 0.6 is 0 Å². The van der Waals surface area contributed by atoms with Gasteiger partial charge in [0.15, 0.2) is 0 Å². The van der Waals surface area contributed by atoms with E-state index in [9.17, 15) is 4.79 Å². The molecule has 3 heteroatoms. The van der Waals surface area contributed by atoms with Gasteiger partial charge in [0, 0.05) is 25.2 Å². The van der Waals surface area contributed by atoms with Crippen LogP contribution in [-0.2, 0) is 0 Å². The van der Waals surface area contributed by atoms with Gasteiger partial charge in [0.05, 0.1) is 0 Å². The molecule has 1 amide bonds. The maximum absolute atomic E-state index is 12.4. The van der Waals surface area contributed by atoms with Crippen molar-refractivity contribution in [1.82, 2.24) is 9.80 Å². The number of hydrogen-bond acceptors (Lipinski definition) is 2. The molecule has 0 aliphatic carbocycles. The van der Waals surface area contributed by atoms with Gasteiger partial charge in [0.25, 0.3) is 5.91 Å². The maximum atomic E-state index is 12.4. The average molecular weight is 246 g/mol. The van der Waals surface area contributed by atoms with Crippen molar-refractivity contribution in [3.63, 3.8) is 0 Å². The van der Waals surface area contributed by atoms with Crippen LogP contribution < -0.4 is 0 Å². The van der Waals surface area contributed by atoms with E-state index in [4.69, 9.17) is 0 Å². The maximum Gasteiger partial charge on any atom is 0.253 e. The lowest BCUT2D eigenvalue weighted by Crippen LogP contribution is -2.34. The van der Waals surface area contributed by atoms with E-state index >= 15 is 0 Å². The molecule has 1 aliphatic rings. The molecule has 0 bridgehead atoms. The highest BCUT2D eigenvalue weighted by Gasteiger charge is 2.18. The van der Waals surface area contributed by atoms with Gasteiger partial charge in [-0.1, -0.05) is 6.07 Å². The Balaban J connectivity index is 2.12. The van der Waals surface area contributed by atoms with Crippen LogP contribution in [0.1, 0.15) is 27.9 Å². The number of benzene rings is 1. The van der Waals surface area contributed by atoms with E-state index in [1.807, 2.05) is 23.1 Å². The molecule has 0 N–H and O–H groups in total. The molecule has 0 aromatic heterocycles. The SMILES string of the molecule is Cc1ccc(C(=O)N2CCCN(C)CC2)cc1C. The van der Waals surface area contributed by atoms with Crippen LogP contribution in [0.15, 0.2) is 18.2 Å². The van der Waals surface area contributed by atoms with Crippen LogP contribution in [0.2, 0.25) is 0 Å². The molecular formula is C15H22N2O. The van der Waals surface area contributed by atoms with Crippen LogP contribution in [0.25, 0.3) is 0 Å². The zero-order valence-corrected chi connectivity index (χ0v) is 11.6. The third kappa shape index (κ3) is 2.91. The number of hydrogen-bond donors (Lipinski definition) is 0. The van der Waals surface area contributed by atoms with Gasteiger partial charge in [-0.15, -0.1) is 0 Å². The van der Waals surface area contributed by atoms with Gasteiger partial charge >= 0.3 is 0 Å². The van der Waals surface area contributed by atoms with Crippen LogP contribution in [0, 0.1) is 13.8 Å². The molecule has 1 aromatic carbocycles. The topological polar surface area (TPSA) is 23.6 Å². The fourth-order valence-electron chi connectivity index (χ4n) is 2.31. The van der Waals surface area contributed by atoms with Crippen molar-refractivity contribution in [2.75, 3.05) is 33.2 Å². The Bertz CT molecular complexity index is 442. The van der Waals surface area contributed by atoms with Crippen LogP contribution in [0.3, 0.4) is 0 Å². The number of rotatable bonds is 1. The van der Waals surface area contributed by atoms with Crippen molar-refractivity contribution in [1.29, 1.82) is 0 Å². The zero-order valence-electron chi connectivity index (χ0n) is 11.6. The molecule has 1 aliphatic heterocycles. The summed E-state index contributed by atoms with van der Waals surface area (Å²) in [6.07, 6.45) is 1.06. The normalized spacial score (nSPS) is 17.6. The monoisotopic (exact) mass is 246 g/mol. The second kappa shape index (κ2) is 5.53. The summed E-state index contributed by atoms with van der Waals surface area (Å²) >= 11 is 0. The molecule has 1 aromatic rings. The van der Waals surface area contributed by atoms with Gasteiger partial charge in [-0.2, -0.15) is 0 Å². The molecule has 2 rings (SSSR count). The largest absolute Gasteiger partial charge is 0.337 e. The molecule has 0 unspecified atom stereocenters. The van der Waals surface area contributed by atoms with Gasteiger partial charge in [0.2, 0.25) is 0 Å². The van der Waals surface area contributed by atoms with Gasteiger partial charge in [0.1, 0.15) is 0 Å². The van der Waals surface area contributed by atoms with Gasteiger partial charge in [-0.25, -0.2) is 0 Å². The van der Waals surface area contributed by atoms with Crippen LogP contribution in [0.5, 0.6) is 0 Å². The first-order valence-electron chi connectivity index (χ1n) is 6.63. The number of nitrogens with zero attached hydrogens (tertiary/aromatic N) is 2. The van der Waals surface area contributed by atoms with Crippen molar-refractivity contribution in [3.8, 4) is 0 Å². The first-order chi connectivity index (χ1) is 8.58. The lowest BCUT2D eigenvalue weighted by molar-refractivity contribution is 0.0762. The van der Waals surface area contributed by atoms with Crippen molar-refractivity contribution in [2.24, 2.45) is 0 Å². The summed E-state index contributed by atoms with van der Waals surface area (Å²) in [6.45, 7) is 7.89. The first kappa shape index (κ1) is 13.1. The van der Waals surface area contributed by atoms with E-state index in [-0.39, 0.29) is 5.91 Å². The van der Waals surface area contributed by atoms with Crippen LogP contribution in [0.4, 0.5) is 0 Å². The summed E-state index contributed by atoms with van der Waals surface area (Å²) in [5, 5.41) is 0. The van der Waals surface area contributed by atoms with E-state index in [1.54, 1.807) is 0 Å². The van der Waals surface area contributed by atoms with Crippen molar-refractivity contribution >= 4 is 5.91 Å².